The highest BCUT2D eigenvalue weighted by atomic mass is 16.5. The van der Waals surface area contributed by atoms with E-state index in [1.54, 1.807) is 6.07 Å². The Kier molecular flexibility index (Phi) is 5.17. The maximum atomic E-state index is 12.1. The Morgan fingerprint density at radius 2 is 1.65 bits per heavy atom. The fourth-order valence-electron chi connectivity index (χ4n) is 2.70. The summed E-state index contributed by atoms with van der Waals surface area (Å²) in [4.78, 5) is 24.0. The van der Waals surface area contributed by atoms with Crippen molar-refractivity contribution in [2.75, 3.05) is 6.61 Å². The Bertz CT molecular complexity index is 966. The second-order valence-electron chi connectivity index (χ2n) is 6.12. The molecule has 2 N–H and O–H groups in total. The van der Waals surface area contributed by atoms with E-state index < -0.39 is 5.91 Å². The van der Waals surface area contributed by atoms with Gasteiger partial charge in [-0.1, -0.05) is 48.0 Å². The maximum Gasteiger partial charge on any atom is 0.276 e. The lowest BCUT2D eigenvalue weighted by Crippen LogP contribution is -2.44. The summed E-state index contributed by atoms with van der Waals surface area (Å²) >= 11 is 0. The quantitative estimate of drug-likeness (QED) is 0.711. The monoisotopic (exact) mass is 348 g/mol. The number of carbonyl (C=O) groups is 2. The number of ether oxygens (including phenoxy) is 1. The van der Waals surface area contributed by atoms with Gasteiger partial charge in [0, 0.05) is 5.56 Å². The molecule has 0 atom stereocenters. The third-order valence-corrected chi connectivity index (χ3v) is 4.03. The molecule has 0 bridgehead atoms. The predicted molar refractivity (Wildman–Crippen MR) is 101 cm³/mol. The molecule has 0 aliphatic carbocycles. The predicted octanol–water partition coefficient (Wildman–Crippen LogP) is 3.30. The van der Waals surface area contributed by atoms with Crippen molar-refractivity contribution in [2.45, 2.75) is 13.8 Å². The van der Waals surface area contributed by atoms with Crippen molar-refractivity contribution >= 4 is 22.6 Å². The molecule has 0 unspecified atom stereocenters. The van der Waals surface area contributed by atoms with Crippen LogP contribution in [0, 0.1) is 13.8 Å². The summed E-state index contributed by atoms with van der Waals surface area (Å²) in [5.74, 6) is -0.197. The lowest BCUT2D eigenvalue weighted by molar-refractivity contribution is -0.123. The topological polar surface area (TPSA) is 67.4 Å². The Hall–Kier alpha value is -3.34. The molecule has 0 fully saturated rings. The molecule has 0 heterocycles. The molecule has 3 aromatic rings. The Balaban J connectivity index is 1.52. The van der Waals surface area contributed by atoms with Crippen molar-refractivity contribution in [2.24, 2.45) is 0 Å². The zero-order valence-electron chi connectivity index (χ0n) is 14.7. The van der Waals surface area contributed by atoms with Crippen LogP contribution in [0.3, 0.4) is 0 Å². The fourth-order valence-corrected chi connectivity index (χ4v) is 2.70. The molecular formula is C21H20N2O3. The summed E-state index contributed by atoms with van der Waals surface area (Å²) in [6, 6.07) is 19.0. The molecule has 3 aromatic carbocycles. The highest BCUT2D eigenvalue weighted by molar-refractivity contribution is 5.96. The molecule has 0 spiro atoms. The lowest BCUT2D eigenvalue weighted by Gasteiger charge is -2.11. The first-order valence-corrected chi connectivity index (χ1v) is 8.31. The van der Waals surface area contributed by atoms with Crippen LogP contribution in [0.1, 0.15) is 21.5 Å². The SMILES string of the molecule is Cc1ccc(C(=O)NNC(=O)COc2ccc3ccccc3c2)c(C)c1. The smallest absolute Gasteiger partial charge is 0.276 e. The summed E-state index contributed by atoms with van der Waals surface area (Å²) < 4.78 is 5.49. The van der Waals surface area contributed by atoms with Gasteiger partial charge in [0.1, 0.15) is 5.75 Å². The molecule has 5 heteroatoms. The number of carbonyl (C=O) groups excluding carboxylic acids is 2. The molecule has 2 amide bonds. The van der Waals surface area contributed by atoms with Gasteiger partial charge in [-0.15, -0.1) is 0 Å². The molecule has 0 saturated heterocycles. The van der Waals surface area contributed by atoms with Crippen LogP contribution >= 0.6 is 0 Å². The van der Waals surface area contributed by atoms with E-state index in [9.17, 15) is 9.59 Å². The van der Waals surface area contributed by atoms with E-state index in [0.29, 0.717) is 11.3 Å². The van der Waals surface area contributed by atoms with E-state index in [2.05, 4.69) is 10.9 Å². The summed E-state index contributed by atoms with van der Waals surface area (Å²) in [7, 11) is 0. The van der Waals surface area contributed by atoms with E-state index in [0.717, 1.165) is 21.9 Å². The second kappa shape index (κ2) is 7.70. The summed E-state index contributed by atoms with van der Waals surface area (Å²) in [6.07, 6.45) is 0. The molecular weight excluding hydrogens is 328 g/mol. The van der Waals surface area contributed by atoms with Crippen molar-refractivity contribution in [3.05, 3.63) is 77.4 Å². The average Bonchev–Trinajstić information content (AvgIpc) is 2.64. The van der Waals surface area contributed by atoms with Gasteiger partial charge in [0.15, 0.2) is 6.61 Å². The highest BCUT2D eigenvalue weighted by Gasteiger charge is 2.10. The maximum absolute atomic E-state index is 12.1. The molecule has 0 saturated carbocycles. The molecule has 26 heavy (non-hydrogen) atoms. The van der Waals surface area contributed by atoms with Gasteiger partial charge < -0.3 is 4.74 Å². The number of nitrogens with one attached hydrogen (secondary N) is 2. The molecule has 5 nitrogen and oxygen atoms in total. The number of fused-ring (bicyclic) bond motifs is 1. The van der Waals surface area contributed by atoms with Gasteiger partial charge in [0.2, 0.25) is 0 Å². The Labute approximate surface area is 152 Å². The third-order valence-electron chi connectivity index (χ3n) is 4.03. The van der Waals surface area contributed by atoms with E-state index in [1.807, 2.05) is 68.4 Å². The van der Waals surface area contributed by atoms with Gasteiger partial charge in [-0.3, -0.25) is 20.4 Å². The third kappa shape index (κ3) is 4.19. The first kappa shape index (κ1) is 17.5. The summed E-state index contributed by atoms with van der Waals surface area (Å²) in [5.41, 5.74) is 7.22. The minimum absolute atomic E-state index is 0.189. The number of amides is 2. The van der Waals surface area contributed by atoms with Crippen molar-refractivity contribution in [3.8, 4) is 5.75 Å². The van der Waals surface area contributed by atoms with Crippen LogP contribution in [0.25, 0.3) is 10.8 Å². The Morgan fingerprint density at radius 1 is 0.885 bits per heavy atom. The van der Waals surface area contributed by atoms with Crippen LogP contribution in [0.2, 0.25) is 0 Å². The van der Waals surface area contributed by atoms with Crippen LogP contribution < -0.4 is 15.6 Å². The van der Waals surface area contributed by atoms with Crippen LogP contribution in [0.4, 0.5) is 0 Å². The minimum Gasteiger partial charge on any atom is -0.484 e. The molecule has 0 aliphatic heterocycles. The van der Waals surface area contributed by atoms with Gasteiger partial charge in [-0.2, -0.15) is 0 Å². The van der Waals surface area contributed by atoms with Gasteiger partial charge in [-0.05, 0) is 48.4 Å². The molecule has 3 rings (SSSR count). The average molecular weight is 348 g/mol. The first-order chi connectivity index (χ1) is 12.5. The second-order valence-corrected chi connectivity index (χ2v) is 6.12. The molecule has 0 aliphatic rings. The normalized spacial score (nSPS) is 10.4. The lowest BCUT2D eigenvalue weighted by atomic mass is 10.1. The standard InChI is InChI=1S/C21H20N2O3/c1-14-7-10-19(15(2)11-14)21(25)23-22-20(24)13-26-18-9-8-16-5-3-4-6-17(16)12-18/h3-12H,13H2,1-2H3,(H,22,24)(H,23,25). The number of hydrogen-bond donors (Lipinski definition) is 2. The van der Waals surface area contributed by atoms with Crippen molar-refractivity contribution in [1.29, 1.82) is 0 Å². The molecule has 0 aromatic heterocycles. The number of benzene rings is 3. The van der Waals surface area contributed by atoms with Crippen LogP contribution in [-0.2, 0) is 4.79 Å². The van der Waals surface area contributed by atoms with Crippen LogP contribution in [0.5, 0.6) is 5.75 Å². The van der Waals surface area contributed by atoms with Crippen LogP contribution in [0.15, 0.2) is 60.7 Å². The number of hydrogen-bond acceptors (Lipinski definition) is 3. The minimum atomic E-state index is -0.434. The fraction of sp³-hybridized carbons (Fsp3) is 0.143. The molecule has 0 radical (unpaired) electrons. The van der Waals surface area contributed by atoms with Gasteiger partial charge in [-0.25, -0.2) is 0 Å². The van der Waals surface area contributed by atoms with Gasteiger partial charge >= 0.3 is 0 Å². The zero-order valence-corrected chi connectivity index (χ0v) is 14.7. The van der Waals surface area contributed by atoms with Gasteiger partial charge in [0.05, 0.1) is 0 Å². The summed E-state index contributed by atoms with van der Waals surface area (Å²) in [6.45, 7) is 3.62. The van der Waals surface area contributed by atoms with E-state index in [1.165, 1.54) is 0 Å². The number of rotatable bonds is 4. The van der Waals surface area contributed by atoms with E-state index >= 15 is 0 Å². The zero-order chi connectivity index (χ0) is 18.5. The largest absolute Gasteiger partial charge is 0.484 e. The first-order valence-electron chi connectivity index (χ1n) is 8.31. The van der Waals surface area contributed by atoms with E-state index in [4.69, 9.17) is 4.74 Å². The van der Waals surface area contributed by atoms with Crippen molar-refractivity contribution < 1.29 is 14.3 Å². The van der Waals surface area contributed by atoms with E-state index in [-0.39, 0.29) is 12.5 Å². The van der Waals surface area contributed by atoms with Crippen LogP contribution in [-0.4, -0.2) is 18.4 Å². The highest BCUT2D eigenvalue weighted by Crippen LogP contribution is 2.20. The molecule has 132 valence electrons. The summed E-state index contributed by atoms with van der Waals surface area (Å²) in [5, 5.41) is 2.14. The number of aryl methyl sites for hydroxylation is 2. The van der Waals surface area contributed by atoms with Crippen molar-refractivity contribution in [3.63, 3.8) is 0 Å². The Morgan fingerprint density at radius 3 is 2.42 bits per heavy atom. The van der Waals surface area contributed by atoms with Crippen molar-refractivity contribution in [1.82, 2.24) is 10.9 Å². The number of hydrazine groups is 1. The van der Waals surface area contributed by atoms with Gasteiger partial charge in [0.25, 0.3) is 11.8 Å².